The second-order valence-corrected chi connectivity index (χ2v) is 16.8. The molecule has 5 aromatic rings. The van der Waals surface area contributed by atoms with E-state index in [0.717, 1.165) is 58.7 Å². The molecule has 5 aliphatic carbocycles. The maximum absolute atomic E-state index is 5.50. The highest BCUT2D eigenvalue weighted by Gasteiger charge is 2.50. The van der Waals surface area contributed by atoms with Crippen molar-refractivity contribution < 1.29 is 0 Å². The summed E-state index contributed by atoms with van der Waals surface area (Å²) in [6.07, 6.45) is 19.8. The van der Waals surface area contributed by atoms with Gasteiger partial charge in [-0.3, -0.25) is 0 Å². The summed E-state index contributed by atoms with van der Waals surface area (Å²) in [4.78, 5) is 11.0. The SMILES string of the molecule is CC1(C)C2=CC3c4ccccc4C(C)(C)C3C=C2C2=C1C=CC(c1ccc(-c3nc(-c4ccccc4)c(C4=CC=CCC4)nc3-c3ccccc3)cc1)C2. The molecular formula is C52H46N2. The lowest BCUT2D eigenvalue weighted by atomic mass is 9.69. The van der Waals surface area contributed by atoms with Crippen LogP contribution >= 0.6 is 0 Å². The van der Waals surface area contributed by atoms with Crippen molar-refractivity contribution in [2.24, 2.45) is 11.3 Å². The van der Waals surface area contributed by atoms with Gasteiger partial charge >= 0.3 is 0 Å². The second kappa shape index (κ2) is 12.5. The van der Waals surface area contributed by atoms with E-state index >= 15 is 0 Å². The van der Waals surface area contributed by atoms with Crippen LogP contribution in [0.5, 0.6) is 0 Å². The van der Waals surface area contributed by atoms with E-state index < -0.39 is 0 Å². The van der Waals surface area contributed by atoms with E-state index in [0.29, 0.717) is 17.8 Å². The lowest BCUT2D eigenvalue weighted by Gasteiger charge is -2.34. The number of rotatable bonds is 5. The van der Waals surface area contributed by atoms with Crippen LogP contribution < -0.4 is 0 Å². The first kappa shape index (κ1) is 33.0. The highest BCUT2D eigenvalue weighted by molar-refractivity contribution is 5.86. The number of hydrogen-bond acceptors (Lipinski definition) is 2. The van der Waals surface area contributed by atoms with Crippen LogP contribution in [0.15, 0.2) is 174 Å². The fourth-order valence-corrected chi connectivity index (χ4v) is 10.1. The molecule has 1 aromatic heterocycles. The number of fused-ring (bicyclic) bond motifs is 5. The first-order valence-corrected chi connectivity index (χ1v) is 19.7. The van der Waals surface area contributed by atoms with Gasteiger partial charge in [-0.05, 0) is 75.2 Å². The third-order valence-electron chi connectivity index (χ3n) is 13.1. The Bertz CT molecular complexity index is 2500. The van der Waals surface area contributed by atoms with E-state index in [1.54, 1.807) is 5.57 Å². The maximum atomic E-state index is 5.50. The number of hydrogen-bond donors (Lipinski definition) is 0. The minimum atomic E-state index is -0.00175. The molecule has 54 heavy (non-hydrogen) atoms. The van der Waals surface area contributed by atoms with Crippen molar-refractivity contribution in [2.45, 2.75) is 64.2 Å². The standard InChI is InChI=1S/C52H46N2/c1-51(2)43-23-15-14-22-39(43)41-31-46-42(32-45(41)51)40-30-38(28-29-44(40)52(46,3)4)33-24-26-37(27-25-33)50-49(36-20-12-7-13-21-36)53-47(34-16-8-5-9-17-34)48(54-50)35-18-10-6-11-19-35/h5-8,10-16,18-29,31-32,38,41,45H,9,17,30H2,1-4H3. The molecule has 0 radical (unpaired) electrons. The largest absolute Gasteiger partial charge is 0.244 e. The summed E-state index contributed by atoms with van der Waals surface area (Å²) in [6.45, 7) is 9.76. The molecule has 3 atom stereocenters. The number of benzene rings is 4. The summed E-state index contributed by atoms with van der Waals surface area (Å²) in [5.41, 5.74) is 18.8. The molecule has 2 heteroatoms. The molecule has 0 saturated carbocycles. The van der Waals surface area contributed by atoms with E-state index in [2.05, 4.69) is 179 Å². The fraction of sp³-hybridized carbons (Fsp3) is 0.231. The van der Waals surface area contributed by atoms with Crippen LogP contribution in [-0.2, 0) is 5.41 Å². The third-order valence-corrected chi connectivity index (χ3v) is 13.1. The molecule has 5 aliphatic rings. The van der Waals surface area contributed by atoms with E-state index in [1.165, 1.54) is 39.0 Å². The van der Waals surface area contributed by atoms with Gasteiger partial charge in [-0.15, -0.1) is 0 Å². The number of allylic oxidation sites excluding steroid dienone is 12. The van der Waals surface area contributed by atoms with Crippen molar-refractivity contribution in [3.8, 4) is 33.8 Å². The van der Waals surface area contributed by atoms with Crippen LogP contribution in [0.2, 0.25) is 0 Å². The Labute approximate surface area is 320 Å². The molecule has 0 amide bonds. The van der Waals surface area contributed by atoms with Gasteiger partial charge in [0.1, 0.15) is 0 Å². The highest BCUT2D eigenvalue weighted by atomic mass is 14.9. The molecular weight excluding hydrogens is 653 g/mol. The zero-order valence-corrected chi connectivity index (χ0v) is 31.7. The molecule has 1 heterocycles. The van der Waals surface area contributed by atoms with Crippen LogP contribution in [-0.4, -0.2) is 9.97 Å². The van der Waals surface area contributed by atoms with Crippen LogP contribution in [0.3, 0.4) is 0 Å². The van der Waals surface area contributed by atoms with E-state index in [9.17, 15) is 0 Å². The van der Waals surface area contributed by atoms with Crippen LogP contribution in [0.4, 0.5) is 0 Å². The third kappa shape index (κ3) is 5.14. The first-order chi connectivity index (χ1) is 26.3. The Kier molecular flexibility index (Phi) is 7.63. The Balaban J connectivity index is 1.02. The van der Waals surface area contributed by atoms with Gasteiger partial charge in [0.25, 0.3) is 0 Å². The Hall–Kier alpha value is -5.60. The Morgan fingerprint density at radius 1 is 0.648 bits per heavy atom. The Morgan fingerprint density at radius 3 is 1.96 bits per heavy atom. The predicted molar refractivity (Wildman–Crippen MR) is 224 cm³/mol. The monoisotopic (exact) mass is 698 g/mol. The smallest absolute Gasteiger partial charge is 0.0973 e. The van der Waals surface area contributed by atoms with Crippen molar-refractivity contribution in [3.63, 3.8) is 0 Å². The summed E-state index contributed by atoms with van der Waals surface area (Å²) in [5, 5.41) is 0. The summed E-state index contributed by atoms with van der Waals surface area (Å²) in [6, 6.07) is 39.5. The van der Waals surface area contributed by atoms with Crippen molar-refractivity contribution in [3.05, 3.63) is 196 Å². The normalized spacial score (nSPS) is 22.8. The molecule has 0 fully saturated rings. The molecule has 264 valence electrons. The minimum Gasteiger partial charge on any atom is -0.244 e. The zero-order valence-electron chi connectivity index (χ0n) is 31.7. The lowest BCUT2D eigenvalue weighted by Crippen LogP contribution is -2.27. The van der Waals surface area contributed by atoms with Gasteiger partial charge in [0.2, 0.25) is 0 Å². The maximum Gasteiger partial charge on any atom is 0.0973 e. The topological polar surface area (TPSA) is 25.8 Å². The second-order valence-electron chi connectivity index (χ2n) is 16.8. The predicted octanol–water partition coefficient (Wildman–Crippen LogP) is 13.1. The van der Waals surface area contributed by atoms with Crippen LogP contribution in [0, 0.1) is 11.3 Å². The summed E-state index contributed by atoms with van der Waals surface area (Å²) >= 11 is 0. The molecule has 4 aromatic carbocycles. The highest BCUT2D eigenvalue weighted by Crippen LogP contribution is 2.62. The van der Waals surface area contributed by atoms with Gasteiger partial charge in [-0.2, -0.15) is 0 Å². The van der Waals surface area contributed by atoms with Gasteiger partial charge in [-0.25, -0.2) is 9.97 Å². The molecule has 3 unspecified atom stereocenters. The molecule has 2 nitrogen and oxygen atoms in total. The molecule has 0 bridgehead atoms. The quantitative estimate of drug-likeness (QED) is 0.183. The van der Waals surface area contributed by atoms with Crippen molar-refractivity contribution >= 4 is 5.57 Å². The van der Waals surface area contributed by atoms with Crippen molar-refractivity contribution in [2.75, 3.05) is 0 Å². The fourth-order valence-electron chi connectivity index (χ4n) is 10.1. The van der Waals surface area contributed by atoms with E-state index in [-0.39, 0.29) is 10.8 Å². The van der Waals surface area contributed by atoms with Crippen molar-refractivity contribution in [1.82, 2.24) is 9.97 Å². The summed E-state index contributed by atoms with van der Waals surface area (Å²) in [7, 11) is 0. The van der Waals surface area contributed by atoms with E-state index in [1.807, 2.05) is 0 Å². The first-order valence-electron chi connectivity index (χ1n) is 19.7. The number of nitrogens with zero attached hydrogens (tertiary/aromatic N) is 2. The lowest BCUT2D eigenvalue weighted by molar-refractivity contribution is 0.388. The van der Waals surface area contributed by atoms with E-state index in [4.69, 9.17) is 9.97 Å². The molecule has 10 rings (SSSR count). The van der Waals surface area contributed by atoms with Crippen molar-refractivity contribution in [1.29, 1.82) is 0 Å². The van der Waals surface area contributed by atoms with Gasteiger partial charge in [-0.1, -0.05) is 179 Å². The zero-order chi connectivity index (χ0) is 36.6. The molecule has 0 saturated heterocycles. The average Bonchev–Trinajstić information content (AvgIpc) is 3.59. The van der Waals surface area contributed by atoms with Gasteiger partial charge in [0.05, 0.1) is 22.8 Å². The molecule has 0 spiro atoms. The Morgan fingerprint density at radius 2 is 1.28 bits per heavy atom. The van der Waals surface area contributed by atoms with Crippen LogP contribution in [0.1, 0.15) is 81.2 Å². The molecule has 0 N–H and O–H groups in total. The van der Waals surface area contributed by atoms with Gasteiger partial charge in [0.15, 0.2) is 0 Å². The minimum absolute atomic E-state index is 0.00175. The molecule has 0 aliphatic heterocycles. The van der Waals surface area contributed by atoms with Gasteiger partial charge in [0, 0.05) is 33.9 Å². The average molecular weight is 699 g/mol. The van der Waals surface area contributed by atoms with Crippen LogP contribution in [0.25, 0.3) is 39.3 Å². The summed E-state index contributed by atoms with van der Waals surface area (Å²) < 4.78 is 0. The summed E-state index contributed by atoms with van der Waals surface area (Å²) in [5.74, 6) is 1.23. The van der Waals surface area contributed by atoms with Gasteiger partial charge < -0.3 is 0 Å². The number of aromatic nitrogens is 2.